The molecule has 2 heterocycles. The average molecular weight is 1730 g/mol. The van der Waals surface area contributed by atoms with Crippen LogP contribution in [0.25, 0.3) is 33.9 Å². The fraction of sp³-hybridized carbons (Fsp3) is 0.529. The minimum atomic E-state index is -2.10. The first kappa shape index (κ1) is 99.4. The maximum Gasteiger partial charge on any atom is 0.261 e. The summed E-state index contributed by atoms with van der Waals surface area (Å²) in [6, 6.07) is 35.9. The van der Waals surface area contributed by atoms with Gasteiger partial charge in [0.15, 0.2) is 46.0 Å². The topological polar surface area (TPSA) is 448 Å². The predicted molar refractivity (Wildman–Crippen MR) is 448 cm³/mol. The molecule has 0 aliphatic carbocycles. The van der Waals surface area contributed by atoms with E-state index in [9.17, 15) is 51.1 Å². The summed E-state index contributed by atoms with van der Waals surface area (Å²) in [6.45, 7) is 1.92. The van der Waals surface area contributed by atoms with Crippen LogP contribution < -0.4 is 47.4 Å². The molecule has 36 heteroatoms. The first-order chi connectivity index (χ1) is 60.7. The summed E-state index contributed by atoms with van der Waals surface area (Å²) in [4.78, 5) is 18.0. The Morgan fingerprint density at radius 3 is 0.805 bits per heavy atom. The second kappa shape index (κ2) is 60.5. The number of ether oxygens (including phenoxy) is 22. The van der Waals surface area contributed by atoms with Crippen molar-refractivity contribution >= 4 is 11.4 Å². The van der Waals surface area contributed by atoms with Crippen LogP contribution in [0.15, 0.2) is 131 Å². The van der Waals surface area contributed by atoms with Gasteiger partial charge in [-0.1, -0.05) is 0 Å². The number of aliphatic hydroxyl groups is 10. The van der Waals surface area contributed by atoms with Crippen molar-refractivity contribution in [3.8, 4) is 91.4 Å². The molecular formula is C87H120N4O32. The van der Waals surface area contributed by atoms with Gasteiger partial charge < -0.3 is 155 Å². The number of hydrogen-bond acceptors (Lipinski definition) is 35. The van der Waals surface area contributed by atoms with Gasteiger partial charge in [-0.3, -0.25) is 4.57 Å². The molecule has 680 valence electrons. The van der Waals surface area contributed by atoms with Gasteiger partial charge in [0.25, 0.3) is 5.79 Å². The number of imidazole rings is 1. The monoisotopic (exact) mass is 1730 g/mol. The average Bonchev–Trinajstić information content (AvgIpc) is 1.55. The van der Waals surface area contributed by atoms with E-state index in [0.29, 0.717) is 79.9 Å². The van der Waals surface area contributed by atoms with E-state index >= 15 is 0 Å². The Morgan fingerprint density at radius 1 is 0.228 bits per heavy atom. The van der Waals surface area contributed by atoms with Crippen molar-refractivity contribution in [2.75, 3.05) is 291 Å². The third-order valence-corrected chi connectivity index (χ3v) is 17.4. The molecule has 0 saturated heterocycles. The third-order valence-electron chi connectivity index (χ3n) is 17.4. The fourth-order valence-electron chi connectivity index (χ4n) is 11.9. The molecule has 6 aromatic carbocycles. The van der Waals surface area contributed by atoms with E-state index in [-0.39, 0.29) is 337 Å². The predicted octanol–water partition coefficient (Wildman–Crippen LogP) is 3.84. The highest BCUT2D eigenvalue weighted by Crippen LogP contribution is 2.50. The molecule has 0 saturated carbocycles. The quantitative estimate of drug-likeness (QED) is 0.0242. The number of aromatic nitrogens is 2. The van der Waals surface area contributed by atoms with Crippen molar-refractivity contribution in [1.29, 1.82) is 0 Å². The molecule has 7 aromatic rings. The van der Waals surface area contributed by atoms with Crippen LogP contribution in [0.2, 0.25) is 0 Å². The van der Waals surface area contributed by atoms with Gasteiger partial charge in [0.05, 0.1) is 234 Å². The molecule has 0 atom stereocenters. The molecule has 1 aliphatic heterocycles. The van der Waals surface area contributed by atoms with Gasteiger partial charge in [-0.05, 0) is 128 Å². The first-order valence-electron chi connectivity index (χ1n) is 41.1. The lowest BCUT2D eigenvalue weighted by atomic mass is 9.99. The molecule has 1 aliphatic rings. The molecular weight excluding hydrogens is 1610 g/mol. The number of nitrogens with zero attached hydrogens (tertiary/aromatic N) is 4. The smallest absolute Gasteiger partial charge is 0.261 e. The Hall–Kier alpha value is -9.01. The second-order valence-corrected chi connectivity index (χ2v) is 26.1. The molecule has 8 rings (SSSR count). The van der Waals surface area contributed by atoms with E-state index in [0.717, 1.165) is 0 Å². The van der Waals surface area contributed by atoms with Gasteiger partial charge >= 0.3 is 0 Å². The van der Waals surface area contributed by atoms with E-state index in [1.807, 2.05) is 41.0 Å². The Balaban J connectivity index is 1.53. The zero-order valence-corrected chi connectivity index (χ0v) is 69.6. The zero-order valence-electron chi connectivity index (χ0n) is 69.6. The first-order valence-corrected chi connectivity index (χ1v) is 41.1. The summed E-state index contributed by atoms with van der Waals surface area (Å²) in [6.07, 6.45) is 0.401. The minimum Gasteiger partial charge on any atom is -0.491 e. The molecule has 0 fully saturated rings. The number of aliphatic imine (C=N–C) groups is 2. The summed E-state index contributed by atoms with van der Waals surface area (Å²) in [7, 11) is 0. The maximum atomic E-state index is 9.78. The van der Waals surface area contributed by atoms with Crippen LogP contribution in [0.1, 0.15) is 23.1 Å². The lowest BCUT2D eigenvalue weighted by molar-refractivity contribution is 0.0247. The third kappa shape index (κ3) is 34.1. The SMILES string of the molecule is OCCCOCCOc1cc(-c2nc(-c3ccc(OCCOCCOCCO)cc3)n(C3(c4ccc(OCCOCCOCCO)cc4)N=C(c4ccc(OCCOCCO)c(OCCOCCO)c4)C(c4ccc(OCCOCCO)c(OCCOCCO)c4)=N3)c2-c2ccc(OCCOCCO)c(OCCOCCO)c2)ccc1OCCOCCO. The van der Waals surface area contributed by atoms with E-state index in [1.165, 1.54) is 0 Å². The Morgan fingerprint density at radius 2 is 0.480 bits per heavy atom. The highest BCUT2D eigenvalue weighted by Gasteiger charge is 2.46. The Labute approximate surface area is 715 Å². The highest BCUT2D eigenvalue weighted by atomic mass is 16.6. The van der Waals surface area contributed by atoms with Gasteiger partial charge in [-0.2, -0.15) is 0 Å². The van der Waals surface area contributed by atoms with Crippen LogP contribution >= 0.6 is 0 Å². The van der Waals surface area contributed by atoms with Crippen LogP contribution in [0.3, 0.4) is 0 Å². The van der Waals surface area contributed by atoms with Gasteiger partial charge in [-0.15, -0.1) is 0 Å². The van der Waals surface area contributed by atoms with Crippen LogP contribution in [-0.2, 0) is 62.6 Å². The standard InChI is InChI=1S/C87H120N4O32/c92-18-1-28-102-44-58-120-80-64-69(6-16-76(80)118-56-47-107-33-23-97)84-85(70-7-17-77(119-57-48-108-34-24-98)81(65-70)123-61-51-111-37-27-101)91(86(88-84)66-2-10-72(11-3-66)114-52-42-112-40-38-103-29-19-93)87(71-8-12-73(13-9-71)115-53-43-113-41-39-104-30-20-94)89-82(67-4-14-74(116-54-45-105-31-21-95)78(62-67)121-59-49-109-35-25-99)83(90-87)68-5-15-75(117-55-46-106-32-22-96)79(63-68)122-60-50-110-36-26-100/h2-17,62-65,92-101H,1,18-61H2. The van der Waals surface area contributed by atoms with Crippen LogP contribution in [0, 0.1) is 0 Å². The van der Waals surface area contributed by atoms with Crippen molar-refractivity contribution in [3.63, 3.8) is 0 Å². The van der Waals surface area contributed by atoms with Gasteiger partial charge in [0.1, 0.15) is 83.4 Å². The molecule has 123 heavy (non-hydrogen) atoms. The fourth-order valence-corrected chi connectivity index (χ4v) is 11.9. The van der Waals surface area contributed by atoms with Crippen molar-refractivity contribution in [2.45, 2.75) is 12.2 Å². The largest absolute Gasteiger partial charge is 0.491 e. The van der Waals surface area contributed by atoms with E-state index in [2.05, 4.69) is 0 Å². The van der Waals surface area contributed by atoms with E-state index in [1.54, 1.807) is 84.9 Å². The number of aliphatic hydroxyl groups excluding tert-OH is 10. The van der Waals surface area contributed by atoms with Crippen LogP contribution in [0.5, 0.6) is 57.5 Å². The normalized spacial score (nSPS) is 12.4. The van der Waals surface area contributed by atoms with E-state index in [4.69, 9.17) is 119 Å². The minimum absolute atomic E-state index is 0.00327. The molecule has 10 N–H and O–H groups in total. The molecule has 0 bridgehead atoms. The van der Waals surface area contributed by atoms with Crippen molar-refractivity contribution < 1.29 is 155 Å². The lowest BCUT2D eigenvalue weighted by Gasteiger charge is -2.30. The Kier molecular flexibility index (Phi) is 48.9. The summed E-state index contributed by atoms with van der Waals surface area (Å²) < 4.78 is 135. The maximum absolute atomic E-state index is 9.78. The van der Waals surface area contributed by atoms with E-state index < -0.39 is 5.79 Å². The Bertz CT molecular complexity index is 3970. The van der Waals surface area contributed by atoms with Crippen LogP contribution in [0.4, 0.5) is 0 Å². The second-order valence-electron chi connectivity index (χ2n) is 26.1. The van der Waals surface area contributed by atoms with Gasteiger partial charge in [-0.25, -0.2) is 15.0 Å². The molecule has 0 spiro atoms. The van der Waals surface area contributed by atoms with Crippen molar-refractivity contribution in [2.24, 2.45) is 9.98 Å². The molecule has 0 amide bonds. The summed E-state index contributed by atoms with van der Waals surface area (Å²) in [5, 5.41) is 95.8. The molecule has 0 unspecified atom stereocenters. The highest BCUT2D eigenvalue weighted by molar-refractivity contribution is 6.54. The number of rotatable bonds is 74. The lowest BCUT2D eigenvalue weighted by Crippen LogP contribution is -2.31. The zero-order chi connectivity index (χ0) is 86.8. The van der Waals surface area contributed by atoms with Crippen molar-refractivity contribution in [3.05, 3.63) is 138 Å². The summed E-state index contributed by atoms with van der Waals surface area (Å²) >= 11 is 0. The molecule has 36 nitrogen and oxygen atoms in total. The number of hydrogen-bond donors (Lipinski definition) is 10. The van der Waals surface area contributed by atoms with Gasteiger partial charge in [0, 0.05) is 46.6 Å². The van der Waals surface area contributed by atoms with Crippen LogP contribution in [-0.4, -0.2) is 363 Å². The number of benzene rings is 6. The summed E-state index contributed by atoms with van der Waals surface area (Å²) in [5.74, 6) is 1.26. The van der Waals surface area contributed by atoms with Gasteiger partial charge in [0.2, 0.25) is 0 Å². The molecule has 1 aromatic heterocycles. The summed E-state index contributed by atoms with van der Waals surface area (Å²) in [5.41, 5.74) is 3.87. The van der Waals surface area contributed by atoms with Crippen molar-refractivity contribution in [1.82, 2.24) is 9.55 Å². The molecule has 0 radical (unpaired) electrons.